The van der Waals surface area contributed by atoms with E-state index in [-0.39, 0.29) is 29.7 Å². The quantitative estimate of drug-likeness (QED) is 0.245. The van der Waals surface area contributed by atoms with Crippen molar-refractivity contribution in [2.75, 3.05) is 47.6 Å². The minimum Gasteiger partial charge on any atom is -0.435 e. The highest BCUT2D eigenvalue weighted by atomic mass is 127. The van der Waals surface area contributed by atoms with Gasteiger partial charge in [-0.15, -0.1) is 24.0 Å². The molecule has 9 heteroatoms. The Kier molecular flexibility index (Phi) is 13.3. The highest BCUT2D eigenvalue weighted by Crippen LogP contribution is 2.15. The first-order valence-electron chi connectivity index (χ1n) is 7.59. The van der Waals surface area contributed by atoms with Gasteiger partial charge in [0.25, 0.3) is 0 Å². The molecule has 0 heterocycles. The summed E-state index contributed by atoms with van der Waals surface area (Å²) in [6.45, 7) is 0.0731. The van der Waals surface area contributed by atoms with Crippen molar-refractivity contribution in [2.45, 2.75) is 13.2 Å². The van der Waals surface area contributed by atoms with Gasteiger partial charge in [0.15, 0.2) is 5.96 Å². The molecule has 0 aliphatic heterocycles. The molecular formula is C16H26F2IN3O3. The van der Waals surface area contributed by atoms with Gasteiger partial charge >= 0.3 is 6.61 Å². The maximum atomic E-state index is 12.1. The summed E-state index contributed by atoms with van der Waals surface area (Å²) in [5.41, 5.74) is 0.957. The molecule has 0 aromatic heterocycles. The van der Waals surface area contributed by atoms with Crippen LogP contribution in [0.1, 0.15) is 5.56 Å². The van der Waals surface area contributed by atoms with E-state index in [0.717, 1.165) is 11.5 Å². The zero-order valence-electron chi connectivity index (χ0n) is 14.7. The van der Waals surface area contributed by atoms with Crippen LogP contribution in [0.25, 0.3) is 0 Å². The number of rotatable bonds is 10. The third kappa shape index (κ3) is 10.4. The fraction of sp³-hybridized carbons (Fsp3) is 0.562. The number of alkyl halides is 2. The summed E-state index contributed by atoms with van der Waals surface area (Å²) in [6, 6.07) is 6.54. The number of benzene rings is 1. The summed E-state index contributed by atoms with van der Waals surface area (Å²) < 4.78 is 38.9. The molecule has 1 aromatic rings. The molecule has 0 saturated carbocycles. The van der Waals surface area contributed by atoms with Crippen LogP contribution in [-0.4, -0.2) is 65.0 Å². The number of hydrogen-bond acceptors (Lipinski definition) is 4. The van der Waals surface area contributed by atoms with Crippen LogP contribution in [0.3, 0.4) is 0 Å². The van der Waals surface area contributed by atoms with Crippen LogP contribution in [0, 0.1) is 0 Å². The Labute approximate surface area is 164 Å². The van der Waals surface area contributed by atoms with E-state index >= 15 is 0 Å². The largest absolute Gasteiger partial charge is 0.435 e. The first-order valence-corrected chi connectivity index (χ1v) is 7.59. The first kappa shape index (κ1) is 23.8. The normalized spacial score (nSPS) is 11.2. The molecule has 6 nitrogen and oxygen atoms in total. The van der Waals surface area contributed by atoms with Crippen molar-refractivity contribution in [1.82, 2.24) is 10.2 Å². The monoisotopic (exact) mass is 473 g/mol. The van der Waals surface area contributed by atoms with E-state index in [1.165, 1.54) is 12.1 Å². The maximum absolute atomic E-state index is 12.1. The topological polar surface area (TPSA) is 55.3 Å². The van der Waals surface area contributed by atoms with Crippen LogP contribution >= 0.6 is 24.0 Å². The predicted octanol–water partition coefficient (Wildman–Crippen LogP) is 2.58. The molecule has 0 amide bonds. The van der Waals surface area contributed by atoms with Gasteiger partial charge in [0.2, 0.25) is 0 Å². The van der Waals surface area contributed by atoms with Crippen LogP contribution in [0.4, 0.5) is 8.78 Å². The number of nitrogens with one attached hydrogen (secondary N) is 1. The number of halogens is 3. The van der Waals surface area contributed by atoms with E-state index in [1.807, 2.05) is 11.9 Å². The van der Waals surface area contributed by atoms with Gasteiger partial charge in [0, 0.05) is 34.3 Å². The van der Waals surface area contributed by atoms with Crippen molar-refractivity contribution in [3.8, 4) is 5.75 Å². The van der Waals surface area contributed by atoms with E-state index in [2.05, 4.69) is 15.0 Å². The molecule has 0 aliphatic rings. The molecule has 1 aromatic carbocycles. The van der Waals surface area contributed by atoms with Gasteiger partial charge in [-0.2, -0.15) is 8.78 Å². The minimum atomic E-state index is -2.81. The van der Waals surface area contributed by atoms with E-state index in [4.69, 9.17) is 9.47 Å². The van der Waals surface area contributed by atoms with Gasteiger partial charge in [0.05, 0.1) is 19.8 Å². The van der Waals surface area contributed by atoms with Crippen LogP contribution < -0.4 is 10.1 Å². The standard InChI is InChI=1S/C16H25F2N3O3.HI/c1-19-16(20-8-9-23-11-10-22-3)21(2)12-13-4-6-14(7-5-13)24-15(17)18;/h4-7,15H,8-12H2,1-3H3,(H,19,20);1H. The first-order chi connectivity index (χ1) is 11.6. The number of guanidine groups is 1. The van der Waals surface area contributed by atoms with Crippen LogP contribution in [0.15, 0.2) is 29.3 Å². The van der Waals surface area contributed by atoms with Gasteiger partial charge in [0.1, 0.15) is 5.75 Å². The molecule has 0 unspecified atom stereocenters. The minimum absolute atomic E-state index is 0. The Morgan fingerprint density at radius 3 is 2.44 bits per heavy atom. The lowest BCUT2D eigenvalue weighted by atomic mass is 10.2. The van der Waals surface area contributed by atoms with Crippen molar-refractivity contribution >= 4 is 29.9 Å². The van der Waals surface area contributed by atoms with Crippen molar-refractivity contribution in [2.24, 2.45) is 4.99 Å². The maximum Gasteiger partial charge on any atom is 0.387 e. The highest BCUT2D eigenvalue weighted by molar-refractivity contribution is 14.0. The van der Waals surface area contributed by atoms with E-state index < -0.39 is 6.61 Å². The second-order valence-corrected chi connectivity index (χ2v) is 4.96. The molecule has 0 radical (unpaired) electrons. The SMILES string of the molecule is CN=C(NCCOCCOC)N(C)Cc1ccc(OC(F)F)cc1.I. The van der Waals surface area contributed by atoms with Crippen LogP contribution in [0.5, 0.6) is 5.75 Å². The summed E-state index contributed by atoms with van der Waals surface area (Å²) in [5.74, 6) is 0.866. The number of nitrogens with zero attached hydrogens (tertiary/aromatic N) is 2. The van der Waals surface area contributed by atoms with Gasteiger partial charge in [-0.05, 0) is 17.7 Å². The summed E-state index contributed by atoms with van der Waals surface area (Å²) in [7, 11) is 5.22. The highest BCUT2D eigenvalue weighted by Gasteiger charge is 2.08. The lowest BCUT2D eigenvalue weighted by Gasteiger charge is -2.22. The molecule has 25 heavy (non-hydrogen) atoms. The zero-order valence-corrected chi connectivity index (χ0v) is 17.0. The molecule has 1 rings (SSSR count). The van der Waals surface area contributed by atoms with E-state index in [9.17, 15) is 8.78 Å². The molecule has 0 bridgehead atoms. The Balaban J connectivity index is 0.00000576. The second-order valence-electron chi connectivity index (χ2n) is 4.96. The number of aliphatic imine (C=N–C) groups is 1. The van der Waals surface area contributed by atoms with E-state index in [1.54, 1.807) is 26.3 Å². The lowest BCUT2D eigenvalue weighted by Crippen LogP contribution is -2.40. The summed E-state index contributed by atoms with van der Waals surface area (Å²) in [4.78, 5) is 6.13. The van der Waals surface area contributed by atoms with Crippen molar-refractivity contribution in [3.63, 3.8) is 0 Å². The molecule has 0 spiro atoms. The fourth-order valence-electron chi connectivity index (χ4n) is 1.99. The average Bonchev–Trinajstić information content (AvgIpc) is 2.55. The van der Waals surface area contributed by atoms with Gasteiger partial charge in [-0.1, -0.05) is 12.1 Å². The Morgan fingerprint density at radius 1 is 1.20 bits per heavy atom. The van der Waals surface area contributed by atoms with Gasteiger partial charge < -0.3 is 24.4 Å². The molecule has 144 valence electrons. The smallest absolute Gasteiger partial charge is 0.387 e. The Morgan fingerprint density at radius 2 is 1.88 bits per heavy atom. The van der Waals surface area contributed by atoms with Gasteiger partial charge in [-0.3, -0.25) is 4.99 Å². The average molecular weight is 473 g/mol. The zero-order chi connectivity index (χ0) is 17.8. The van der Waals surface area contributed by atoms with Crippen LogP contribution in [-0.2, 0) is 16.0 Å². The molecule has 0 aliphatic carbocycles. The summed E-state index contributed by atoms with van der Waals surface area (Å²) in [5, 5.41) is 3.19. The fourth-order valence-corrected chi connectivity index (χ4v) is 1.99. The number of methoxy groups -OCH3 is 1. The Bertz CT molecular complexity index is 490. The third-order valence-electron chi connectivity index (χ3n) is 3.10. The van der Waals surface area contributed by atoms with Crippen molar-refractivity contribution < 1.29 is 23.0 Å². The molecule has 0 fully saturated rings. The Hall–Kier alpha value is -1.20. The van der Waals surface area contributed by atoms with E-state index in [0.29, 0.717) is 32.9 Å². The van der Waals surface area contributed by atoms with Crippen LogP contribution in [0.2, 0.25) is 0 Å². The molecule has 0 atom stereocenters. The molecular weight excluding hydrogens is 447 g/mol. The summed E-state index contributed by atoms with van der Waals surface area (Å²) in [6.07, 6.45) is 0. The van der Waals surface area contributed by atoms with Crippen molar-refractivity contribution in [3.05, 3.63) is 29.8 Å². The number of hydrogen-bond donors (Lipinski definition) is 1. The van der Waals surface area contributed by atoms with Gasteiger partial charge in [-0.25, -0.2) is 0 Å². The molecule has 1 N–H and O–H groups in total. The van der Waals surface area contributed by atoms with Crippen molar-refractivity contribution in [1.29, 1.82) is 0 Å². The predicted molar refractivity (Wildman–Crippen MR) is 104 cm³/mol. The summed E-state index contributed by atoms with van der Waals surface area (Å²) >= 11 is 0. The lowest BCUT2D eigenvalue weighted by molar-refractivity contribution is -0.0498. The molecule has 0 saturated heterocycles. The second kappa shape index (κ2) is 14.0. The number of ether oxygens (including phenoxy) is 3. The third-order valence-corrected chi connectivity index (χ3v) is 3.10.